The van der Waals surface area contributed by atoms with Crippen molar-refractivity contribution in [3.8, 4) is 0 Å². The molecular formula is C11H14N2O3. The molecule has 2 aliphatic rings. The van der Waals surface area contributed by atoms with Crippen LogP contribution in [0.5, 0.6) is 0 Å². The average molecular weight is 222 g/mol. The standard InChI is InChI=1S/C11H14N2O3/c14-10(15)9-8(12-11(16)13-9)6-5-7-3-1-2-4-7/h7H,1-6H2,(H,14,15). The Morgan fingerprint density at radius 1 is 1.31 bits per heavy atom. The number of hydrogen-bond acceptors (Lipinski definition) is 2. The van der Waals surface area contributed by atoms with Gasteiger partial charge >= 0.3 is 12.0 Å². The summed E-state index contributed by atoms with van der Waals surface area (Å²) in [6.45, 7) is 0. The molecule has 0 aromatic rings. The average Bonchev–Trinajstić information content (AvgIpc) is 2.83. The molecule has 1 fully saturated rings. The maximum Gasteiger partial charge on any atom is 0.368 e. The Morgan fingerprint density at radius 2 is 2.00 bits per heavy atom. The molecule has 0 spiro atoms. The van der Waals surface area contributed by atoms with Crippen molar-refractivity contribution in [1.29, 1.82) is 0 Å². The van der Waals surface area contributed by atoms with Crippen molar-refractivity contribution >= 4 is 23.4 Å². The van der Waals surface area contributed by atoms with Gasteiger partial charge < -0.3 is 5.11 Å². The molecule has 0 radical (unpaired) electrons. The van der Waals surface area contributed by atoms with E-state index in [4.69, 9.17) is 5.11 Å². The predicted molar refractivity (Wildman–Crippen MR) is 59.1 cm³/mol. The first-order valence-electron chi connectivity index (χ1n) is 5.60. The van der Waals surface area contributed by atoms with E-state index in [9.17, 15) is 9.59 Å². The highest BCUT2D eigenvalue weighted by molar-refractivity contribution is 6.68. The van der Waals surface area contributed by atoms with Crippen LogP contribution in [0.25, 0.3) is 0 Å². The first-order chi connectivity index (χ1) is 7.66. The second-order valence-electron chi connectivity index (χ2n) is 4.30. The Hall–Kier alpha value is -1.52. The zero-order valence-corrected chi connectivity index (χ0v) is 8.98. The van der Waals surface area contributed by atoms with E-state index in [1.54, 1.807) is 0 Å². The number of carbonyl (C=O) groups is 2. The summed E-state index contributed by atoms with van der Waals surface area (Å²) in [5.74, 6) is -0.496. The van der Waals surface area contributed by atoms with Crippen molar-refractivity contribution < 1.29 is 14.7 Å². The smallest absolute Gasteiger partial charge is 0.368 e. The van der Waals surface area contributed by atoms with Gasteiger partial charge in [-0.3, -0.25) is 0 Å². The number of urea groups is 1. The molecule has 1 saturated carbocycles. The van der Waals surface area contributed by atoms with Crippen LogP contribution < -0.4 is 0 Å². The quantitative estimate of drug-likeness (QED) is 0.790. The molecule has 1 aliphatic heterocycles. The van der Waals surface area contributed by atoms with Crippen molar-refractivity contribution in [3.63, 3.8) is 0 Å². The van der Waals surface area contributed by atoms with E-state index in [-0.39, 0.29) is 5.71 Å². The predicted octanol–water partition coefficient (Wildman–Crippen LogP) is 2.06. The van der Waals surface area contributed by atoms with Crippen LogP contribution in [-0.4, -0.2) is 28.5 Å². The molecule has 16 heavy (non-hydrogen) atoms. The number of hydrogen-bond donors (Lipinski definition) is 1. The van der Waals surface area contributed by atoms with E-state index in [1.807, 2.05) is 0 Å². The summed E-state index contributed by atoms with van der Waals surface area (Å²) in [5.41, 5.74) is 0.187. The van der Waals surface area contributed by atoms with E-state index in [0.717, 1.165) is 6.42 Å². The Labute approximate surface area is 93.3 Å². The van der Waals surface area contributed by atoms with Gasteiger partial charge in [-0.05, 0) is 18.8 Å². The van der Waals surface area contributed by atoms with Gasteiger partial charge in [0.15, 0.2) is 5.71 Å². The molecule has 1 heterocycles. The largest absolute Gasteiger partial charge is 0.476 e. The third kappa shape index (κ3) is 2.35. The highest BCUT2D eigenvalue weighted by Crippen LogP contribution is 2.29. The van der Waals surface area contributed by atoms with Gasteiger partial charge in [-0.2, -0.15) is 9.98 Å². The SMILES string of the molecule is O=C1N=C(CCC2CCCC2)C(C(=O)O)=N1. The zero-order chi connectivity index (χ0) is 11.5. The van der Waals surface area contributed by atoms with Gasteiger partial charge in [-0.15, -0.1) is 0 Å². The summed E-state index contributed by atoms with van der Waals surface area (Å²) in [5, 5.41) is 8.83. The van der Waals surface area contributed by atoms with Crippen molar-refractivity contribution in [2.45, 2.75) is 38.5 Å². The lowest BCUT2D eigenvalue weighted by Crippen LogP contribution is -2.21. The van der Waals surface area contributed by atoms with Crippen LogP contribution in [0, 0.1) is 5.92 Å². The first-order valence-corrected chi connectivity index (χ1v) is 5.60. The molecule has 0 atom stereocenters. The molecule has 0 saturated heterocycles. The minimum absolute atomic E-state index is 0.164. The van der Waals surface area contributed by atoms with Crippen LogP contribution in [0.1, 0.15) is 38.5 Å². The van der Waals surface area contributed by atoms with Gasteiger partial charge in [0.1, 0.15) is 0 Å². The van der Waals surface area contributed by atoms with Gasteiger partial charge in [0.25, 0.3) is 0 Å². The molecule has 1 aliphatic carbocycles. The van der Waals surface area contributed by atoms with Crippen LogP contribution in [0.3, 0.4) is 0 Å². The lowest BCUT2D eigenvalue weighted by Gasteiger charge is -2.07. The van der Waals surface area contributed by atoms with Crippen LogP contribution in [0.2, 0.25) is 0 Å². The number of amides is 2. The number of carboxylic acid groups (broad SMARTS) is 1. The number of rotatable bonds is 4. The summed E-state index contributed by atoms with van der Waals surface area (Å²) >= 11 is 0. The van der Waals surface area contributed by atoms with E-state index >= 15 is 0 Å². The summed E-state index contributed by atoms with van der Waals surface area (Å²) < 4.78 is 0. The third-order valence-electron chi connectivity index (χ3n) is 3.18. The number of carboxylic acids is 1. The number of nitrogens with zero attached hydrogens (tertiary/aromatic N) is 2. The van der Waals surface area contributed by atoms with E-state index in [2.05, 4.69) is 9.98 Å². The molecular weight excluding hydrogens is 208 g/mol. The molecule has 0 aromatic heterocycles. The van der Waals surface area contributed by atoms with Crippen molar-refractivity contribution in [2.75, 3.05) is 0 Å². The molecule has 1 N–H and O–H groups in total. The number of carbonyl (C=O) groups excluding carboxylic acids is 1. The van der Waals surface area contributed by atoms with Crippen LogP contribution >= 0.6 is 0 Å². The first kappa shape index (κ1) is 11.0. The molecule has 0 unspecified atom stereocenters. The van der Waals surface area contributed by atoms with Gasteiger partial charge in [-0.25, -0.2) is 9.59 Å². The van der Waals surface area contributed by atoms with Crippen LogP contribution in [-0.2, 0) is 4.79 Å². The van der Waals surface area contributed by atoms with Gasteiger partial charge in [0, 0.05) is 0 Å². The van der Waals surface area contributed by atoms with Gasteiger partial charge in [-0.1, -0.05) is 25.7 Å². The lowest BCUT2D eigenvalue weighted by atomic mass is 9.98. The molecule has 2 rings (SSSR count). The topological polar surface area (TPSA) is 79.1 Å². The second kappa shape index (κ2) is 4.55. The van der Waals surface area contributed by atoms with Crippen LogP contribution in [0.4, 0.5) is 4.79 Å². The fraction of sp³-hybridized carbons (Fsp3) is 0.636. The molecule has 2 amide bonds. The highest BCUT2D eigenvalue weighted by atomic mass is 16.4. The van der Waals surface area contributed by atoms with Gasteiger partial charge in [0.05, 0.1) is 5.71 Å². The Morgan fingerprint density at radius 3 is 2.62 bits per heavy atom. The summed E-state index contributed by atoms with van der Waals surface area (Å²) in [6, 6.07) is -0.682. The molecule has 86 valence electrons. The number of aliphatic imine (C=N–C) groups is 2. The van der Waals surface area contributed by atoms with E-state index in [1.165, 1.54) is 25.7 Å². The summed E-state index contributed by atoms with van der Waals surface area (Å²) in [6.07, 6.45) is 6.41. The number of aliphatic carboxylic acids is 1. The zero-order valence-electron chi connectivity index (χ0n) is 8.98. The fourth-order valence-electron chi connectivity index (χ4n) is 2.34. The van der Waals surface area contributed by atoms with E-state index in [0.29, 0.717) is 18.1 Å². The van der Waals surface area contributed by atoms with Gasteiger partial charge in [0.2, 0.25) is 0 Å². The lowest BCUT2D eigenvalue weighted by molar-refractivity contribution is -0.129. The molecule has 5 heteroatoms. The monoisotopic (exact) mass is 222 g/mol. The van der Waals surface area contributed by atoms with Crippen LogP contribution in [0.15, 0.2) is 9.98 Å². The Bertz CT molecular complexity index is 379. The van der Waals surface area contributed by atoms with Crippen molar-refractivity contribution in [3.05, 3.63) is 0 Å². The fourth-order valence-corrected chi connectivity index (χ4v) is 2.34. The maximum absolute atomic E-state index is 10.9. The summed E-state index contributed by atoms with van der Waals surface area (Å²) in [4.78, 5) is 28.8. The highest BCUT2D eigenvalue weighted by Gasteiger charge is 2.26. The van der Waals surface area contributed by atoms with E-state index < -0.39 is 12.0 Å². The minimum Gasteiger partial charge on any atom is -0.476 e. The summed E-state index contributed by atoms with van der Waals surface area (Å²) in [7, 11) is 0. The Balaban J connectivity index is 1.94. The molecule has 0 bridgehead atoms. The maximum atomic E-state index is 10.9. The Kier molecular flexibility index (Phi) is 3.12. The second-order valence-corrected chi connectivity index (χ2v) is 4.30. The molecule has 5 nitrogen and oxygen atoms in total. The molecule has 0 aromatic carbocycles. The third-order valence-corrected chi connectivity index (χ3v) is 3.18. The normalized spacial score (nSPS) is 21.1. The van der Waals surface area contributed by atoms with Crippen molar-refractivity contribution in [1.82, 2.24) is 0 Å². The van der Waals surface area contributed by atoms with Crippen molar-refractivity contribution in [2.24, 2.45) is 15.9 Å². The minimum atomic E-state index is -1.16.